The van der Waals surface area contributed by atoms with Crippen molar-refractivity contribution in [2.24, 2.45) is 0 Å². The van der Waals surface area contributed by atoms with E-state index in [4.69, 9.17) is 4.74 Å². The summed E-state index contributed by atoms with van der Waals surface area (Å²) in [5.41, 5.74) is 4.24. The SMILES string of the molecule is CCC1=CC(c2ccccc2)(c2ccccc2)Oc2ccccc21. The molecule has 3 aromatic carbocycles. The summed E-state index contributed by atoms with van der Waals surface area (Å²) in [6.07, 6.45) is 3.27. The Hall–Kier alpha value is -2.80. The van der Waals surface area contributed by atoms with E-state index in [0.717, 1.165) is 23.3 Å². The van der Waals surface area contributed by atoms with Crippen molar-refractivity contribution in [2.45, 2.75) is 18.9 Å². The van der Waals surface area contributed by atoms with Crippen LogP contribution in [0.15, 0.2) is 91.0 Å². The molecular formula is C23H20O. The normalized spacial score (nSPS) is 15.1. The first-order valence-electron chi connectivity index (χ1n) is 8.44. The molecule has 0 spiro atoms. The molecule has 0 unspecified atom stereocenters. The lowest BCUT2D eigenvalue weighted by molar-refractivity contribution is 0.159. The largest absolute Gasteiger partial charge is 0.473 e. The third kappa shape index (κ3) is 2.33. The zero-order chi connectivity index (χ0) is 16.4. The average Bonchev–Trinajstić information content (AvgIpc) is 2.68. The van der Waals surface area contributed by atoms with E-state index < -0.39 is 5.60 Å². The van der Waals surface area contributed by atoms with Crippen molar-refractivity contribution in [2.75, 3.05) is 0 Å². The molecular weight excluding hydrogens is 292 g/mol. The summed E-state index contributed by atoms with van der Waals surface area (Å²) in [7, 11) is 0. The fourth-order valence-electron chi connectivity index (χ4n) is 3.46. The van der Waals surface area contributed by atoms with Gasteiger partial charge in [0.25, 0.3) is 0 Å². The first kappa shape index (κ1) is 14.8. The number of hydrogen-bond donors (Lipinski definition) is 0. The van der Waals surface area contributed by atoms with Crippen molar-refractivity contribution < 1.29 is 4.74 Å². The van der Waals surface area contributed by atoms with Crippen LogP contribution in [0.5, 0.6) is 5.75 Å². The molecule has 0 radical (unpaired) electrons. The smallest absolute Gasteiger partial charge is 0.178 e. The third-order valence-corrected chi connectivity index (χ3v) is 4.67. The number of benzene rings is 3. The van der Waals surface area contributed by atoms with Crippen molar-refractivity contribution in [1.29, 1.82) is 0 Å². The van der Waals surface area contributed by atoms with E-state index in [1.54, 1.807) is 0 Å². The highest BCUT2D eigenvalue weighted by atomic mass is 16.5. The Morgan fingerprint density at radius 2 is 1.25 bits per heavy atom. The maximum Gasteiger partial charge on any atom is 0.178 e. The van der Waals surface area contributed by atoms with Crippen LogP contribution in [0.4, 0.5) is 0 Å². The van der Waals surface area contributed by atoms with Gasteiger partial charge in [-0.2, -0.15) is 0 Å². The minimum atomic E-state index is -0.581. The minimum absolute atomic E-state index is 0.581. The van der Waals surface area contributed by atoms with Crippen molar-refractivity contribution >= 4 is 5.57 Å². The van der Waals surface area contributed by atoms with Gasteiger partial charge in [-0.1, -0.05) is 85.8 Å². The number of allylic oxidation sites excluding steroid dienone is 1. The summed E-state index contributed by atoms with van der Waals surface area (Å²) in [4.78, 5) is 0. The monoisotopic (exact) mass is 312 g/mol. The highest BCUT2D eigenvalue weighted by Gasteiger charge is 2.38. The number of fused-ring (bicyclic) bond motifs is 1. The molecule has 0 fully saturated rings. The molecule has 1 nitrogen and oxygen atoms in total. The second-order valence-electron chi connectivity index (χ2n) is 6.09. The van der Waals surface area contributed by atoms with Gasteiger partial charge in [-0.05, 0) is 24.1 Å². The summed E-state index contributed by atoms with van der Waals surface area (Å²) in [5, 5.41) is 0. The molecule has 1 heteroatoms. The van der Waals surface area contributed by atoms with Gasteiger partial charge >= 0.3 is 0 Å². The van der Waals surface area contributed by atoms with Gasteiger partial charge in [-0.15, -0.1) is 0 Å². The molecule has 0 aliphatic carbocycles. The molecule has 1 heterocycles. The van der Waals surface area contributed by atoms with Crippen molar-refractivity contribution in [3.63, 3.8) is 0 Å². The molecule has 0 aromatic heterocycles. The van der Waals surface area contributed by atoms with Gasteiger partial charge in [0, 0.05) is 16.7 Å². The molecule has 1 aliphatic heterocycles. The Balaban J connectivity index is 1.99. The Bertz CT molecular complexity index is 823. The second-order valence-corrected chi connectivity index (χ2v) is 6.09. The number of ether oxygens (including phenoxy) is 1. The van der Waals surface area contributed by atoms with Crippen molar-refractivity contribution in [3.05, 3.63) is 108 Å². The van der Waals surface area contributed by atoms with E-state index >= 15 is 0 Å². The fraction of sp³-hybridized carbons (Fsp3) is 0.130. The first-order chi connectivity index (χ1) is 11.8. The lowest BCUT2D eigenvalue weighted by Crippen LogP contribution is -2.35. The molecule has 24 heavy (non-hydrogen) atoms. The summed E-state index contributed by atoms with van der Waals surface area (Å²) in [6, 6.07) is 29.3. The summed E-state index contributed by atoms with van der Waals surface area (Å²) >= 11 is 0. The van der Waals surface area contributed by atoms with Crippen LogP contribution in [0.1, 0.15) is 30.0 Å². The molecule has 0 saturated heterocycles. The van der Waals surface area contributed by atoms with E-state index in [0.29, 0.717) is 0 Å². The Kier molecular flexibility index (Phi) is 3.70. The van der Waals surface area contributed by atoms with Gasteiger partial charge < -0.3 is 4.74 Å². The highest BCUT2D eigenvalue weighted by Crippen LogP contribution is 2.45. The molecule has 1 aliphatic rings. The summed E-state index contributed by atoms with van der Waals surface area (Å²) in [6.45, 7) is 2.20. The molecule has 118 valence electrons. The third-order valence-electron chi connectivity index (χ3n) is 4.67. The topological polar surface area (TPSA) is 9.23 Å². The predicted octanol–water partition coefficient (Wildman–Crippen LogP) is 5.82. The van der Waals surface area contributed by atoms with Gasteiger partial charge in [0.2, 0.25) is 0 Å². The van der Waals surface area contributed by atoms with Crippen molar-refractivity contribution in [1.82, 2.24) is 0 Å². The molecule has 0 amide bonds. The van der Waals surface area contributed by atoms with Crippen LogP contribution in [0.25, 0.3) is 5.57 Å². The van der Waals surface area contributed by atoms with Gasteiger partial charge in [-0.25, -0.2) is 0 Å². The molecule has 0 atom stereocenters. The lowest BCUT2D eigenvalue weighted by atomic mass is 9.81. The standard InChI is InChI=1S/C23H20O/c1-2-18-17-23(19-11-5-3-6-12-19,20-13-7-4-8-14-20)24-22-16-10-9-15-21(18)22/h3-17H,2H2,1H3. The van der Waals surface area contributed by atoms with Gasteiger partial charge in [0.05, 0.1) is 0 Å². The van der Waals surface area contributed by atoms with Crippen LogP contribution in [0.2, 0.25) is 0 Å². The second kappa shape index (κ2) is 6.01. The lowest BCUT2D eigenvalue weighted by Gasteiger charge is -2.38. The highest BCUT2D eigenvalue weighted by molar-refractivity contribution is 5.75. The quantitative estimate of drug-likeness (QED) is 0.592. The Morgan fingerprint density at radius 1 is 0.708 bits per heavy atom. The zero-order valence-corrected chi connectivity index (χ0v) is 13.8. The number of hydrogen-bond acceptors (Lipinski definition) is 1. The first-order valence-corrected chi connectivity index (χ1v) is 8.44. The maximum absolute atomic E-state index is 6.65. The van der Waals surface area contributed by atoms with Crippen LogP contribution in [0.3, 0.4) is 0 Å². The van der Waals surface area contributed by atoms with Gasteiger partial charge in [0.15, 0.2) is 5.60 Å². The molecule has 0 saturated carbocycles. The van der Waals surface area contributed by atoms with Crippen LogP contribution in [-0.2, 0) is 5.60 Å². The zero-order valence-electron chi connectivity index (χ0n) is 13.8. The number of rotatable bonds is 3. The van der Waals surface area contributed by atoms with Crippen LogP contribution >= 0.6 is 0 Å². The van der Waals surface area contributed by atoms with Gasteiger partial charge in [-0.3, -0.25) is 0 Å². The van der Waals surface area contributed by atoms with E-state index in [-0.39, 0.29) is 0 Å². The van der Waals surface area contributed by atoms with E-state index in [1.165, 1.54) is 11.1 Å². The van der Waals surface area contributed by atoms with Gasteiger partial charge in [0.1, 0.15) is 5.75 Å². The van der Waals surface area contributed by atoms with Crippen molar-refractivity contribution in [3.8, 4) is 5.75 Å². The molecule has 0 N–H and O–H groups in total. The average molecular weight is 312 g/mol. The maximum atomic E-state index is 6.65. The van der Waals surface area contributed by atoms with Crippen LogP contribution < -0.4 is 4.74 Å². The van der Waals surface area contributed by atoms with E-state index in [1.807, 2.05) is 18.2 Å². The fourth-order valence-corrected chi connectivity index (χ4v) is 3.46. The van der Waals surface area contributed by atoms with Crippen LogP contribution in [0, 0.1) is 0 Å². The van der Waals surface area contributed by atoms with E-state index in [2.05, 4.69) is 79.7 Å². The summed E-state index contributed by atoms with van der Waals surface area (Å²) < 4.78 is 6.65. The Labute approximate surface area is 143 Å². The summed E-state index contributed by atoms with van der Waals surface area (Å²) in [5.74, 6) is 0.949. The molecule has 4 rings (SSSR count). The predicted molar refractivity (Wildman–Crippen MR) is 99.0 cm³/mol. The molecule has 0 bridgehead atoms. The Morgan fingerprint density at radius 3 is 1.83 bits per heavy atom. The molecule has 3 aromatic rings. The van der Waals surface area contributed by atoms with E-state index in [9.17, 15) is 0 Å². The number of para-hydroxylation sites is 1. The minimum Gasteiger partial charge on any atom is -0.473 e. The van der Waals surface area contributed by atoms with Crippen LogP contribution in [-0.4, -0.2) is 0 Å².